The summed E-state index contributed by atoms with van der Waals surface area (Å²) in [6.07, 6.45) is 3.84. The Labute approximate surface area is 118 Å². The number of nitrogens with zero attached hydrogens (tertiary/aromatic N) is 4. The Morgan fingerprint density at radius 2 is 2.16 bits per heavy atom. The van der Waals surface area contributed by atoms with E-state index >= 15 is 0 Å². The SMILES string of the molecule is Nc1nc2cc(Br)cnc2n1CC(=O)N1CCCC1. The predicted octanol–water partition coefficient (Wildman–Crippen LogP) is 1.40. The van der Waals surface area contributed by atoms with Gasteiger partial charge in [0.2, 0.25) is 11.9 Å². The van der Waals surface area contributed by atoms with Crippen molar-refractivity contribution < 1.29 is 4.79 Å². The third-order valence-corrected chi connectivity index (χ3v) is 3.77. The molecular formula is C12H14BrN5O. The second-order valence-electron chi connectivity index (χ2n) is 4.64. The summed E-state index contributed by atoms with van der Waals surface area (Å²) in [4.78, 5) is 22.5. The number of aromatic nitrogens is 3. The molecule has 0 atom stereocenters. The van der Waals surface area contributed by atoms with E-state index in [1.165, 1.54) is 0 Å². The molecule has 1 amide bonds. The van der Waals surface area contributed by atoms with Gasteiger partial charge in [-0.2, -0.15) is 0 Å². The molecule has 0 aromatic carbocycles. The molecule has 19 heavy (non-hydrogen) atoms. The maximum Gasteiger partial charge on any atom is 0.242 e. The fourth-order valence-electron chi connectivity index (χ4n) is 2.36. The van der Waals surface area contributed by atoms with Crippen LogP contribution in [0.2, 0.25) is 0 Å². The number of halogens is 1. The second kappa shape index (κ2) is 4.80. The molecule has 0 aliphatic carbocycles. The van der Waals surface area contributed by atoms with Gasteiger partial charge in [0.1, 0.15) is 12.1 Å². The summed E-state index contributed by atoms with van der Waals surface area (Å²) in [7, 11) is 0. The van der Waals surface area contributed by atoms with Crippen LogP contribution in [0.3, 0.4) is 0 Å². The van der Waals surface area contributed by atoms with Crippen LogP contribution in [0.15, 0.2) is 16.7 Å². The van der Waals surface area contributed by atoms with E-state index in [4.69, 9.17) is 5.73 Å². The number of nitrogens with two attached hydrogens (primary N) is 1. The topological polar surface area (TPSA) is 77.0 Å². The zero-order chi connectivity index (χ0) is 13.4. The molecule has 0 unspecified atom stereocenters. The lowest BCUT2D eigenvalue weighted by atomic mass is 10.4. The Hall–Kier alpha value is -1.63. The average Bonchev–Trinajstić information content (AvgIpc) is 2.98. The molecule has 1 aliphatic heterocycles. The van der Waals surface area contributed by atoms with Crippen LogP contribution >= 0.6 is 15.9 Å². The van der Waals surface area contributed by atoms with Crippen LogP contribution in [0.1, 0.15) is 12.8 Å². The van der Waals surface area contributed by atoms with Gasteiger partial charge in [-0.3, -0.25) is 9.36 Å². The fourth-order valence-corrected chi connectivity index (χ4v) is 2.68. The van der Waals surface area contributed by atoms with Crippen molar-refractivity contribution in [3.63, 3.8) is 0 Å². The van der Waals surface area contributed by atoms with Crippen molar-refractivity contribution in [2.75, 3.05) is 18.8 Å². The summed E-state index contributed by atoms with van der Waals surface area (Å²) in [5.74, 6) is 0.404. The number of rotatable bonds is 2. The molecule has 1 fully saturated rings. The highest BCUT2D eigenvalue weighted by atomic mass is 79.9. The third-order valence-electron chi connectivity index (χ3n) is 3.33. The molecule has 100 valence electrons. The van der Waals surface area contributed by atoms with E-state index in [9.17, 15) is 4.79 Å². The maximum absolute atomic E-state index is 12.2. The first-order valence-corrected chi connectivity index (χ1v) is 6.99. The number of carbonyl (C=O) groups is 1. The van der Waals surface area contributed by atoms with Gasteiger partial charge in [0.15, 0.2) is 5.65 Å². The minimum atomic E-state index is 0.0771. The normalized spacial score (nSPS) is 15.3. The van der Waals surface area contributed by atoms with Crippen molar-refractivity contribution in [3.05, 3.63) is 16.7 Å². The molecule has 1 aliphatic rings. The Morgan fingerprint density at radius 3 is 2.89 bits per heavy atom. The van der Waals surface area contributed by atoms with Gasteiger partial charge >= 0.3 is 0 Å². The highest BCUT2D eigenvalue weighted by Crippen LogP contribution is 2.20. The zero-order valence-electron chi connectivity index (χ0n) is 10.3. The predicted molar refractivity (Wildman–Crippen MR) is 75.5 cm³/mol. The Bertz CT molecular complexity index is 632. The summed E-state index contributed by atoms with van der Waals surface area (Å²) < 4.78 is 2.51. The molecule has 0 saturated carbocycles. The lowest BCUT2D eigenvalue weighted by Gasteiger charge is -2.15. The van der Waals surface area contributed by atoms with Crippen molar-refractivity contribution in [2.24, 2.45) is 0 Å². The van der Waals surface area contributed by atoms with E-state index in [-0.39, 0.29) is 12.5 Å². The molecule has 2 aromatic heterocycles. The van der Waals surface area contributed by atoms with Gasteiger partial charge in [0.25, 0.3) is 0 Å². The fraction of sp³-hybridized carbons (Fsp3) is 0.417. The number of amides is 1. The summed E-state index contributed by atoms with van der Waals surface area (Å²) >= 11 is 3.34. The third kappa shape index (κ3) is 2.30. The number of anilines is 1. The van der Waals surface area contributed by atoms with Crippen LogP contribution in [0, 0.1) is 0 Å². The lowest BCUT2D eigenvalue weighted by Crippen LogP contribution is -2.31. The standard InChI is InChI=1S/C12H14BrN5O/c13-8-5-9-11(15-6-8)18(12(14)16-9)7-10(19)17-3-1-2-4-17/h5-6H,1-4,7H2,(H2,14,16). The second-order valence-corrected chi connectivity index (χ2v) is 5.56. The number of carbonyl (C=O) groups excluding carboxylic acids is 1. The van der Waals surface area contributed by atoms with Crippen LogP contribution in [-0.2, 0) is 11.3 Å². The van der Waals surface area contributed by atoms with E-state index in [2.05, 4.69) is 25.9 Å². The lowest BCUT2D eigenvalue weighted by molar-refractivity contribution is -0.130. The summed E-state index contributed by atoms with van der Waals surface area (Å²) in [5.41, 5.74) is 7.22. The van der Waals surface area contributed by atoms with E-state index < -0.39 is 0 Å². The van der Waals surface area contributed by atoms with Crippen LogP contribution < -0.4 is 5.73 Å². The average molecular weight is 324 g/mol. The minimum absolute atomic E-state index is 0.0771. The minimum Gasteiger partial charge on any atom is -0.369 e. The quantitative estimate of drug-likeness (QED) is 0.906. The molecular weight excluding hydrogens is 310 g/mol. The van der Waals surface area contributed by atoms with Crippen molar-refractivity contribution >= 4 is 38.9 Å². The van der Waals surface area contributed by atoms with Gasteiger partial charge in [-0.1, -0.05) is 0 Å². The molecule has 0 bridgehead atoms. The largest absolute Gasteiger partial charge is 0.369 e. The van der Waals surface area contributed by atoms with Gasteiger partial charge in [-0.05, 0) is 34.8 Å². The summed E-state index contributed by atoms with van der Waals surface area (Å²) in [6.45, 7) is 1.88. The van der Waals surface area contributed by atoms with Crippen LogP contribution in [0.4, 0.5) is 5.95 Å². The molecule has 2 aromatic rings. The first-order valence-electron chi connectivity index (χ1n) is 6.20. The number of pyridine rings is 1. The molecule has 3 heterocycles. The highest BCUT2D eigenvalue weighted by molar-refractivity contribution is 9.10. The van der Waals surface area contributed by atoms with E-state index in [1.807, 2.05) is 11.0 Å². The molecule has 0 spiro atoms. The smallest absolute Gasteiger partial charge is 0.242 e. The maximum atomic E-state index is 12.2. The van der Waals surface area contributed by atoms with Crippen molar-refractivity contribution in [1.82, 2.24) is 19.4 Å². The first kappa shape index (κ1) is 12.4. The number of imidazole rings is 1. The Morgan fingerprint density at radius 1 is 1.42 bits per heavy atom. The summed E-state index contributed by atoms with van der Waals surface area (Å²) in [5, 5.41) is 0. The first-order chi connectivity index (χ1) is 9.15. The number of likely N-dealkylation sites (tertiary alicyclic amines) is 1. The van der Waals surface area contributed by atoms with Gasteiger partial charge in [-0.15, -0.1) is 0 Å². The van der Waals surface area contributed by atoms with E-state index in [0.29, 0.717) is 17.1 Å². The van der Waals surface area contributed by atoms with E-state index in [0.717, 1.165) is 30.4 Å². The Kier molecular flexibility index (Phi) is 3.14. The van der Waals surface area contributed by atoms with Crippen molar-refractivity contribution in [1.29, 1.82) is 0 Å². The molecule has 1 saturated heterocycles. The summed E-state index contributed by atoms with van der Waals surface area (Å²) in [6, 6.07) is 1.84. The number of nitrogen functional groups attached to an aromatic ring is 1. The van der Waals surface area contributed by atoms with Crippen LogP contribution in [0.25, 0.3) is 11.2 Å². The van der Waals surface area contributed by atoms with E-state index in [1.54, 1.807) is 10.8 Å². The number of fused-ring (bicyclic) bond motifs is 1. The molecule has 7 heteroatoms. The number of hydrogen-bond donors (Lipinski definition) is 1. The van der Waals surface area contributed by atoms with Gasteiger partial charge in [-0.25, -0.2) is 9.97 Å². The molecule has 2 N–H and O–H groups in total. The molecule has 0 radical (unpaired) electrons. The van der Waals surface area contributed by atoms with Crippen molar-refractivity contribution in [3.8, 4) is 0 Å². The zero-order valence-corrected chi connectivity index (χ0v) is 11.9. The van der Waals surface area contributed by atoms with Crippen LogP contribution in [0.5, 0.6) is 0 Å². The molecule has 6 nitrogen and oxygen atoms in total. The van der Waals surface area contributed by atoms with Gasteiger partial charge in [0, 0.05) is 23.8 Å². The number of hydrogen-bond acceptors (Lipinski definition) is 4. The van der Waals surface area contributed by atoms with Gasteiger partial charge in [0.05, 0.1) is 0 Å². The monoisotopic (exact) mass is 323 g/mol. The highest BCUT2D eigenvalue weighted by Gasteiger charge is 2.20. The van der Waals surface area contributed by atoms with Crippen molar-refractivity contribution in [2.45, 2.75) is 19.4 Å². The van der Waals surface area contributed by atoms with Gasteiger partial charge < -0.3 is 10.6 Å². The molecule has 3 rings (SSSR count). The van der Waals surface area contributed by atoms with Crippen LogP contribution in [-0.4, -0.2) is 38.4 Å². The Balaban J connectivity index is 1.91.